The molecule has 1 aliphatic rings. The smallest absolute Gasteiger partial charge is 0.411 e. The summed E-state index contributed by atoms with van der Waals surface area (Å²) in [5, 5.41) is 0. The van der Waals surface area contributed by atoms with E-state index in [0.29, 0.717) is 0 Å². The first-order valence-corrected chi connectivity index (χ1v) is 9.26. The predicted molar refractivity (Wildman–Crippen MR) is 103 cm³/mol. The van der Waals surface area contributed by atoms with Crippen LogP contribution in [-0.4, -0.2) is 71.4 Å². The molecule has 8 nitrogen and oxygen atoms in total. The molecule has 0 aromatic carbocycles. The fraction of sp³-hybridized carbons (Fsp3) is 0.842. The van der Waals surface area contributed by atoms with E-state index in [1.807, 2.05) is 13.8 Å². The largest absolute Gasteiger partial charge is 0.467 e. The molecule has 1 aliphatic heterocycles. The van der Waals surface area contributed by atoms with Gasteiger partial charge >= 0.3 is 18.2 Å². The number of carbonyl (C=O) groups is 3. The summed E-state index contributed by atoms with van der Waals surface area (Å²) >= 11 is 0. The molecule has 158 valence electrons. The van der Waals surface area contributed by atoms with Gasteiger partial charge in [-0.15, -0.1) is 0 Å². The molecule has 0 aromatic heterocycles. The van der Waals surface area contributed by atoms with Crippen molar-refractivity contribution in [3.8, 4) is 0 Å². The van der Waals surface area contributed by atoms with Crippen molar-refractivity contribution in [2.45, 2.75) is 79.1 Å². The Morgan fingerprint density at radius 2 is 1.30 bits per heavy atom. The van der Waals surface area contributed by atoms with Crippen molar-refractivity contribution in [1.82, 2.24) is 9.80 Å². The van der Waals surface area contributed by atoms with Crippen LogP contribution in [0, 0.1) is 0 Å². The molecular weight excluding hydrogens is 352 g/mol. The minimum absolute atomic E-state index is 0.0339. The second kappa shape index (κ2) is 9.28. The van der Waals surface area contributed by atoms with Crippen molar-refractivity contribution in [2.75, 3.05) is 26.7 Å². The van der Waals surface area contributed by atoms with Crippen molar-refractivity contribution >= 4 is 18.2 Å². The number of esters is 1. The van der Waals surface area contributed by atoms with Crippen LogP contribution in [0.4, 0.5) is 9.59 Å². The van der Waals surface area contributed by atoms with Gasteiger partial charge in [-0.05, 0) is 48.5 Å². The Morgan fingerprint density at radius 3 is 1.70 bits per heavy atom. The van der Waals surface area contributed by atoms with Crippen molar-refractivity contribution < 1.29 is 28.6 Å². The zero-order chi connectivity index (χ0) is 21.6. The van der Waals surface area contributed by atoms with Gasteiger partial charge in [0, 0.05) is 13.1 Å². The molecule has 0 bridgehead atoms. The molecular formula is C19H36N2O6. The van der Waals surface area contributed by atoms with Gasteiger partial charge < -0.3 is 19.1 Å². The Balaban J connectivity index is 0.00000326. The number of amides is 2. The molecule has 0 spiro atoms. The van der Waals surface area contributed by atoms with Crippen LogP contribution in [0.15, 0.2) is 0 Å². The number of carbonyl (C=O) groups excluding carboxylic acids is 3. The molecule has 1 unspecified atom stereocenters. The van der Waals surface area contributed by atoms with Gasteiger partial charge in [-0.2, -0.15) is 0 Å². The maximum atomic E-state index is 12.5. The Bertz CT molecular complexity index is 535. The summed E-state index contributed by atoms with van der Waals surface area (Å²) in [6.45, 7) is 16.4. The number of ether oxygens (including phenoxy) is 3. The lowest BCUT2D eigenvalue weighted by Gasteiger charge is -2.46. The van der Waals surface area contributed by atoms with E-state index < -0.39 is 34.9 Å². The van der Waals surface area contributed by atoms with Gasteiger partial charge in [0.1, 0.15) is 11.2 Å². The molecule has 8 heteroatoms. The van der Waals surface area contributed by atoms with Crippen LogP contribution < -0.4 is 0 Å². The lowest BCUT2D eigenvalue weighted by Crippen LogP contribution is -2.67. The van der Waals surface area contributed by atoms with E-state index in [1.165, 1.54) is 16.9 Å². The average molecular weight is 389 g/mol. The SMILES string of the molecule is CC.COC(=O)C1(C)CN(C(=O)OC(C)(C)C)CCN1C(=O)OC(C)(C)C. The minimum Gasteiger partial charge on any atom is -0.467 e. The van der Waals surface area contributed by atoms with Gasteiger partial charge in [-0.25, -0.2) is 14.4 Å². The van der Waals surface area contributed by atoms with Crippen LogP contribution in [-0.2, 0) is 19.0 Å². The van der Waals surface area contributed by atoms with E-state index in [9.17, 15) is 14.4 Å². The van der Waals surface area contributed by atoms with Crippen LogP contribution in [0.2, 0.25) is 0 Å². The van der Waals surface area contributed by atoms with Gasteiger partial charge in [-0.3, -0.25) is 4.90 Å². The number of piperazine rings is 1. The van der Waals surface area contributed by atoms with Crippen LogP contribution in [0.25, 0.3) is 0 Å². The summed E-state index contributed by atoms with van der Waals surface area (Å²) in [7, 11) is 1.24. The maximum Gasteiger partial charge on any atom is 0.411 e. The van der Waals surface area contributed by atoms with Crippen LogP contribution in [0.5, 0.6) is 0 Å². The second-order valence-corrected chi connectivity index (χ2v) is 8.30. The minimum atomic E-state index is -1.35. The quantitative estimate of drug-likeness (QED) is 0.505. The highest BCUT2D eigenvalue weighted by molar-refractivity contribution is 5.87. The summed E-state index contributed by atoms with van der Waals surface area (Å²) < 4.78 is 15.6. The standard InChI is InChI=1S/C17H30N2O6.C2H6/c1-15(2,3)24-13(21)18-9-10-19(14(22)25-16(4,5)6)17(7,11-18)12(20)23-8;1-2/h9-11H2,1-8H3;1-2H3. The van der Waals surface area contributed by atoms with Gasteiger partial charge in [0.15, 0.2) is 5.54 Å². The lowest BCUT2D eigenvalue weighted by atomic mass is 9.97. The second-order valence-electron chi connectivity index (χ2n) is 8.30. The predicted octanol–water partition coefficient (Wildman–Crippen LogP) is 3.43. The molecule has 1 atom stereocenters. The van der Waals surface area contributed by atoms with Crippen molar-refractivity contribution in [3.63, 3.8) is 0 Å². The van der Waals surface area contributed by atoms with Crippen LogP contribution >= 0.6 is 0 Å². The van der Waals surface area contributed by atoms with Crippen molar-refractivity contribution in [2.24, 2.45) is 0 Å². The normalized spacial score (nSPS) is 20.2. The molecule has 0 saturated carbocycles. The van der Waals surface area contributed by atoms with Gasteiger partial charge in [0.2, 0.25) is 0 Å². The maximum absolute atomic E-state index is 12.5. The highest BCUT2D eigenvalue weighted by Crippen LogP contribution is 2.26. The van der Waals surface area contributed by atoms with Crippen molar-refractivity contribution in [1.29, 1.82) is 0 Å². The lowest BCUT2D eigenvalue weighted by molar-refractivity contribution is -0.157. The Morgan fingerprint density at radius 1 is 0.852 bits per heavy atom. The first kappa shape index (κ1) is 25.0. The summed E-state index contributed by atoms with van der Waals surface area (Å²) in [6.07, 6.45) is -1.16. The number of nitrogens with zero attached hydrogens (tertiary/aromatic N) is 2. The van der Waals surface area contributed by atoms with E-state index in [0.717, 1.165) is 0 Å². The first-order valence-electron chi connectivity index (χ1n) is 9.26. The Hall–Kier alpha value is -1.99. The third-order valence-corrected chi connectivity index (χ3v) is 3.58. The van der Waals surface area contributed by atoms with E-state index in [1.54, 1.807) is 48.5 Å². The van der Waals surface area contributed by atoms with Crippen LogP contribution in [0.3, 0.4) is 0 Å². The van der Waals surface area contributed by atoms with Crippen molar-refractivity contribution in [3.05, 3.63) is 0 Å². The third-order valence-electron chi connectivity index (χ3n) is 3.58. The molecule has 0 radical (unpaired) electrons. The first-order chi connectivity index (χ1) is 12.2. The summed E-state index contributed by atoms with van der Waals surface area (Å²) in [4.78, 5) is 39.9. The van der Waals surface area contributed by atoms with E-state index in [-0.39, 0.29) is 19.6 Å². The number of hydrogen-bond donors (Lipinski definition) is 0. The third kappa shape index (κ3) is 7.27. The Labute approximate surface area is 163 Å². The topological polar surface area (TPSA) is 85.4 Å². The van der Waals surface area contributed by atoms with E-state index in [4.69, 9.17) is 14.2 Å². The molecule has 1 rings (SSSR count). The van der Waals surface area contributed by atoms with E-state index in [2.05, 4.69) is 0 Å². The fourth-order valence-electron chi connectivity index (χ4n) is 2.49. The molecule has 1 heterocycles. The highest BCUT2D eigenvalue weighted by Gasteiger charge is 2.50. The van der Waals surface area contributed by atoms with Gasteiger partial charge in [0.25, 0.3) is 0 Å². The molecule has 1 fully saturated rings. The molecule has 0 aliphatic carbocycles. The number of rotatable bonds is 1. The monoisotopic (exact) mass is 388 g/mol. The molecule has 0 N–H and O–H groups in total. The van der Waals surface area contributed by atoms with E-state index >= 15 is 0 Å². The fourth-order valence-corrected chi connectivity index (χ4v) is 2.49. The average Bonchev–Trinajstić information content (AvgIpc) is 2.52. The summed E-state index contributed by atoms with van der Waals surface area (Å²) in [5.41, 5.74) is -2.70. The zero-order valence-corrected chi connectivity index (χ0v) is 18.5. The van der Waals surface area contributed by atoms with Crippen LogP contribution in [0.1, 0.15) is 62.3 Å². The van der Waals surface area contributed by atoms with Gasteiger partial charge in [0.05, 0.1) is 13.7 Å². The van der Waals surface area contributed by atoms with Gasteiger partial charge in [-0.1, -0.05) is 13.8 Å². The number of methoxy groups -OCH3 is 1. The molecule has 2 amide bonds. The molecule has 0 aromatic rings. The zero-order valence-electron chi connectivity index (χ0n) is 18.5. The Kier molecular flexibility index (Phi) is 8.60. The number of hydrogen-bond acceptors (Lipinski definition) is 6. The highest BCUT2D eigenvalue weighted by atomic mass is 16.6. The summed E-state index contributed by atoms with van der Waals surface area (Å²) in [6, 6.07) is 0. The summed E-state index contributed by atoms with van der Waals surface area (Å²) in [5.74, 6) is -0.619. The molecule has 1 saturated heterocycles. The molecule has 27 heavy (non-hydrogen) atoms.